The van der Waals surface area contributed by atoms with Gasteiger partial charge in [0.15, 0.2) is 0 Å². The molecule has 0 N–H and O–H groups in total. The zero-order valence-electron chi connectivity index (χ0n) is 18.1. The van der Waals surface area contributed by atoms with Crippen molar-refractivity contribution in [2.24, 2.45) is 0 Å². The topological polar surface area (TPSA) is 39.4 Å². The van der Waals surface area contributed by atoms with Crippen LogP contribution in [0.25, 0.3) is 50.5 Å². The summed E-state index contributed by atoms with van der Waals surface area (Å²) in [6.07, 6.45) is 0. The van der Waals surface area contributed by atoms with Crippen molar-refractivity contribution >= 4 is 16.6 Å². The van der Waals surface area contributed by atoms with Crippen LogP contribution < -0.4 is 4.74 Å². The summed E-state index contributed by atoms with van der Waals surface area (Å²) in [5, 5.41) is 1.02. The highest BCUT2D eigenvalue weighted by Gasteiger charge is 2.21. The summed E-state index contributed by atoms with van der Waals surface area (Å²) in [6, 6.07) is 37.0. The van der Waals surface area contributed by atoms with Gasteiger partial charge >= 0.3 is 0 Å². The molecule has 0 aliphatic rings. The quantitative estimate of drug-likeness (QED) is 0.307. The van der Waals surface area contributed by atoms with Crippen LogP contribution in [0.1, 0.15) is 0 Å². The molecule has 33 heavy (non-hydrogen) atoms. The van der Waals surface area contributed by atoms with Crippen LogP contribution in [0.15, 0.2) is 109 Å². The van der Waals surface area contributed by atoms with E-state index in [-0.39, 0.29) is 0 Å². The Labute approximate surface area is 191 Å². The molecule has 0 saturated heterocycles. The number of aromatic nitrogens is 3. The normalized spacial score (nSPS) is 11.2. The van der Waals surface area contributed by atoms with Gasteiger partial charge in [0.25, 0.3) is 0 Å². The van der Waals surface area contributed by atoms with Gasteiger partial charge in [-0.2, -0.15) is 0 Å². The minimum atomic E-state index is 0.815. The Morgan fingerprint density at radius 1 is 0.606 bits per heavy atom. The molecule has 0 atom stereocenters. The lowest BCUT2D eigenvalue weighted by Crippen LogP contribution is -2.00. The number of nitrogens with zero attached hydrogens (tertiary/aromatic N) is 3. The van der Waals surface area contributed by atoms with E-state index in [1.54, 1.807) is 7.11 Å². The SMILES string of the molecule is COc1ccc(-c2nc3ccccc3c3nc(-c4ccccc4)c(-c4ccccc4)n23)cc1. The van der Waals surface area contributed by atoms with E-state index in [0.717, 1.165) is 56.2 Å². The van der Waals surface area contributed by atoms with Gasteiger partial charge in [0.1, 0.15) is 17.2 Å². The molecule has 4 aromatic carbocycles. The lowest BCUT2D eigenvalue weighted by molar-refractivity contribution is 0.415. The van der Waals surface area contributed by atoms with E-state index >= 15 is 0 Å². The molecule has 2 heterocycles. The summed E-state index contributed by atoms with van der Waals surface area (Å²) < 4.78 is 7.57. The fraction of sp³-hybridized carbons (Fsp3) is 0.0345. The lowest BCUT2D eigenvalue weighted by atomic mass is 10.0. The third-order valence-electron chi connectivity index (χ3n) is 5.90. The molecule has 2 aromatic heterocycles. The van der Waals surface area contributed by atoms with Crippen molar-refractivity contribution in [2.75, 3.05) is 7.11 Å². The highest BCUT2D eigenvalue weighted by atomic mass is 16.5. The average Bonchev–Trinajstić information content (AvgIpc) is 3.30. The zero-order chi connectivity index (χ0) is 22.2. The maximum atomic E-state index is 5.38. The number of benzene rings is 4. The summed E-state index contributed by atoms with van der Waals surface area (Å²) >= 11 is 0. The monoisotopic (exact) mass is 427 g/mol. The van der Waals surface area contributed by atoms with Crippen molar-refractivity contribution in [1.29, 1.82) is 0 Å². The third kappa shape index (κ3) is 3.24. The van der Waals surface area contributed by atoms with Crippen LogP contribution in [0.4, 0.5) is 0 Å². The van der Waals surface area contributed by atoms with Crippen LogP contribution in [0.2, 0.25) is 0 Å². The second kappa shape index (κ2) is 7.92. The number of fused-ring (bicyclic) bond motifs is 3. The van der Waals surface area contributed by atoms with E-state index in [0.29, 0.717) is 0 Å². The molecule has 4 nitrogen and oxygen atoms in total. The van der Waals surface area contributed by atoms with Crippen LogP contribution in [0.3, 0.4) is 0 Å². The molecule has 0 saturated carbocycles. The largest absolute Gasteiger partial charge is 0.497 e. The summed E-state index contributed by atoms with van der Waals surface area (Å²) in [5.74, 6) is 1.66. The first-order valence-corrected chi connectivity index (χ1v) is 10.9. The number of ether oxygens (including phenoxy) is 1. The van der Waals surface area contributed by atoms with E-state index in [9.17, 15) is 0 Å². The minimum Gasteiger partial charge on any atom is -0.497 e. The van der Waals surface area contributed by atoms with Crippen molar-refractivity contribution in [3.8, 4) is 39.7 Å². The summed E-state index contributed by atoms with van der Waals surface area (Å²) in [5.41, 5.74) is 6.95. The van der Waals surface area contributed by atoms with Gasteiger partial charge in [0.2, 0.25) is 0 Å². The summed E-state index contributed by atoms with van der Waals surface area (Å²) in [7, 11) is 1.68. The molecule has 0 bridgehead atoms. The molecule has 0 amide bonds. The Morgan fingerprint density at radius 3 is 1.94 bits per heavy atom. The summed E-state index contributed by atoms with van der Waals surface area (Å²) in [4.78, 5) is 10.3. The maximum Gasteiger partial charge on any atom is 0.149 e. The van der Waals surface area contributed by atoms with Crippen LogP contribution in [-0.4, -0.2) is 21.5 Å². The standard InChI is InChI=1S/C29H21N3O/c1-33-23-18-16-22(17-19-23)28-30-25-15-9-8-14-24(25)29-31-26(20-10-4-2-5-11-20)27(32(28)29)21-12-6-3-7-13-21/h2-19H,1H3. The Bertz CT molecular complexity index is 1570. The molecule has 0 spiro atoms. The number of para-hydroxylation sites is 1. The predicted octanol–water partition coefficient (Wildman–Crippen LogP) is 6.89. The van der Waals surface area contributed by atoms with Crippen LogP contribution in [0.5, 0.6) is 5.75 Å². The number of imidazole rings is 1. The Balaban J connectivity index is 1.78. The highest BCUT2D eigenvalue weighted by Crippen LogP contribution is 2.37. The van der Waals surface area contributed by atoms with E-state index in [1.807, 2.05) is 54.6 Å². The van der Waals surface area contributed by atoms with Gasteiger partial charge in [-0.05, 0) is 36.4 Å². The second-order valence-electron chi connectivity index (χ2n) is 7.88. The van der Waals surface area contributed by atoms with E-state index in [2.05, 4.69) is 59.0 Å². The van der Waals surface area contributed by atoms with Crippen molar-refractivity contribution < 1.29 is 4.74 Å². The Hall–Kier alpha value is -4.44. The first kappa shape index (κ1) is 19.3. The lowest BCUT2D eigenvalue weighted by Gasteiger charge is -2.12. The van der Waals surface area contributed by atoms with Gasteiger partial charge in [0.05, 0.1) is 24.0 Å². The van der Waals surface area contributed by atoms with Crippen LogP contribution >= 0.6 is 0 Å². The Morgan fingerprint density at radius 2 is 1.24 bits per heavy atom. The smallest absolute Gasteiger partial charge is 0.149 e. The fourth-order valence-electron chi connectivity index (χ4n) is 4.32. The number of hydrogen-bond acceptors (Lipinski definition) is 3. The molecule has 0 fully saturated rings. The number of hydrogen-bond donors (Lipinski definition) is 0. The molecular weight excluding hydrogens is 406 g/mol. The molecule has 0 unspecified atom stereocenters. The molecule has 0 aliphatic heterocycles. The van der Waals surface area contributed by atoms with Gasteiger partial charge < -0.3 is 4.74 Å². The average molecular weight is 428 g/mol. The Kier molecular flexibility index (Phi) is 4.62. The van der Waals surface area contributed by atoms with Gasteiger partial charge in [0, 0.05) is 22.1 Å². The molecule has 158 valence electrons. The second-order valence-corrected chi connectivity index (χ2v) is 7.88. The summed E-state index contributed by atoms with van der Waals surface area (Å²) in [6.45, 7) is 0. The van der Waals surface area contributed by atoms with Crippen molar-refractivity contribution in [2.45, 2.75) is 0 Å². The fourth-order valence-corrected chi connectivity index (χ4v) is 4.32. The molecule has 6 aromatic rings. The van der Waals surface area contributed by atoms with Crippen LogP contribution in [0, 0.1) is 0 Å². The number of rotatable bonds is 4. The van der Waals surface area contributed by atoms with Crippen LogP contribution in [-0.2, 0) is 0 Å². The first-order valence-electron chi connectivity index (χ1n) is 10.9. The zero-order valence-corrected chi connectivity index (χ0v) is 18.1. The highest BCUT2D eigenvalue weighted by molar-refractivity contribution is 5.97. The van der Waals surface area contributed by atoms with Crippen molar-refractivity contribution in [1.82, 2.24) is 14.4 Å². The third-order valence-corrected chi connectivity index (χ3v) is 5.90. The van der Waals surface area contributed by atoms with Gasteiger partial charge in [-0.3, -0.25) is 4.40 Å². The molecule has 6 rings (SSSR count). The van der Waals surface area contributed by atoms with E-state index in [1.165, 1.54) is 0 Å². The molecule has 0 aliphatic carbocycles. The van der Waals surface area contributed by atoms with Gasteiger partial charge in [-0.15, -0.1) is 0 Å². The predicted molar refractivity (Wildman–Crippen MR) is 133 cm³/mol. The minimum absolute atomic E-state index is 0.815. The van der Waals surface area contributed by atoms with Gasteiger partial charge in [-0.1, -0.05) is 72.8 Å². The maximum absolute atomic E-state index is 5.38. The van der Waals surface area contributed by atoms with Gasteiger partial charge in [-0.25, -0.2) is 9.97 Å². The van der Waals surface area contributed by atoms with E-state index in [4.69, 9.17) is 14.7 Å². The molecule has 0 radical (unpaired) electrons. The molecule has 4 heteroatoms. The number of methoxy groups -OCH3 is 1. The first-order chi connectivity index (χ1) is 16.3. The van der Waals surface area contributed by atoms with Crippen molar-refractivity contribution in [3.63, 3.8) is 0 Å². The van der Waals surface area contributed by atoms with Crippen molar-refractivity contribution in [3.05, 3.63) is 109 Å². The van der Waals surface area contributed by atoms with E-state index < -0.39 is 0 Å². The molecular formula is C29H21N3O.